The van der Waals surface area contributed by atoms with E-state index in [2.05, 4.69) is 12.2 Å². The average Bonchev–Trinajstić information content (AvgIpc) is 2.56. The van der Waals surface area contributed by atoms with Gasteiger partial charge in [0, 0.05) is 6.04 Å². The summed E-state index contributed by atoms with van der Waals surface area (Å²) < 4.78 is 0. The molecule has 0 heterocycles. The molecule has 3 N–H and O–H groups in total. The fraction of sp³-hybridized carbons (Fsp3) is 0.889. The SMILES string of the molecule is C[C@H](NC(=O)CN)C1CCCC1. The molecule has 0 spiro atoms. The Morgan fingerprint density at radius 1 is 1.58 bits per heavy atom. The van der Waals surface area contributed by atoms with Crippen molar-refractivity contribution in [3.8, 4) is 0 Å². The Kier molecular flexibility index (Phi) is 3.53. The zero-order valence-electron chi connectivity index (χ0n) is 7.68. The highest BCUT2D eigenvalue weighted by molar-refractivity contribution is 5.78. The summed E-state index contributed by atoms with van der Waals surface area (Å²) in [5, 5.41) is 2.91. The number of rotatable bonds is 3. The lowest BCUT2D eigenvalue weighted by Crippen LogP contribution is -2.40. The number of nitrogens with two attached hydrogens (primary N) is 1. The molecule has 1 aliphatic rings. The van der Waals surface area contributed by atoms with Crippen LogP contribution in [0, 0.1) is 5.92 Å². The molecule has 0 radical (unpaired) electrons. The maximum atomic E-state index is 10.9. The molecule has 3 heteroatoms. The molecule has 1 atom stereocenters. The molecule has 0 saturated heterocycles. The lowest BCUT2D eigenvalue weighted by molar-refractivity contribution is -0.120. The van der Waals surface area contributed by atoms with Gasteiger partial charge in [-0.3, -0.25) is 4.79 Å². The number of carbonyl (C=O) groups excluding carboxylic acids is 1. The Hall–Kier alpha value is -0.570. The minimum Gasteiger partial charge on any atom is -0.352 e. The summed E-state index contributed by atoms with van der Waals surface area (Å²) >= 11 is 0. The van der Waals surface area contributed by atoms with Gasteiger partial charge in [-0.15, -0.1) is 0 Å². The van der Waals surface area contributed by atoms with Crippen molar-refractivity contribution in [2.45, 2.75) is 38.6 Å². The van der Waals surface area contributed by atoms with Gasteiger partial charge in [0.05, 0.1) is 6.54 Å². The predicted octanol–water partition coefficient (Wildman–Crippen LogP) is 0.640. The second kappa shape index (κ2) is 4.45. The van der Waals surface area contributed by atoms with Crippen LogP contribution in [0.2, 0.25) is 0 Å². The van der Waals surface area contributed by atoms with Gasteiger partial charge in [0.15, 0.2) is 0 Å². The van der Waals surface area contributed by atoms with Gasteiger partial charge in [-0.2, -0.15) is 0 Å². The monoisotopic (exact) mass is 170 g/mol. The smallest absolute Gasteiger partial charge is 0.233 e. The standard InChI is InChI=1S/C9H18N2O/c1-7(11-9(12)6-10)8-4-2-3-5-8/h7-8H,2-6,10H2,1H3,(H,11,12)/t7-/m0/s1. The summed E-state index contributed by atoms with van der Waals surface area (Å²) in [6, 6.07) is 0.309. The highest BCUT2D eigenvalue weighted by Crippen LogP contribution is 2.27. The molecule has 3 nitrogen and oxygen atoms in total. The second-order valence-corrected chi connectivity index (χ2v) is 3.60. The highest BCUT2D eigenvalue weighted by Gasteiger charge is 2.21. The minimum atomic E-state index is -0.0330. The molecule has 0 aliphatic heterocycles. The summed E-state index contributed by atoms with van der Waals surface area (Å²) in [6.45, 7) is 2.18. The van der Waals surface area contributed by atoms with Crippen molar-refractivity contribution >= 4 is 5.91 Å². The Balaban J connectivity index is 2.26. The number of amides is 1. The van der Waals surface area contributed by atoms with Crippen LogP contribution in [0.15, 0.2) is 0 Å². The maximum absolute atomic E-state index is 10.9. The number of hydrogen-bond acceptors (Lipinski definition) is 2. The van der Waals surface area contributed by atoms with Crippen molar-refractivity contribution in [2.75, 3.05) is 6.54 Å². The molecule has 0 aromatic rings. The topological polar surface area (TPSA) is 55.1 Å². The molecule has 12 heavy (non-hydrogen) atoms. The van der Waals surface area contributed by atoms with Crippen LogP contribution in [0.4, 0.5) is 0 Å². The van der Waals surface area contributed by atoms with Crippen molar-refractivity contribution < 1.29 is 4.79 Å². The van der Waals surface area contributed by atoms with Gasteiger partial charge in [0.25, 0.3) is 0 Å². The quantitative estimate of drug-likeness (QED) is 0.653. The first-order chi connectivity index (χ1) is 5.74. The van der Waals surface area contributed by atoms with Crippen LogP contribution in [-0.2, 0) is 4.79 Å². The Bertz CT molecular complexity index is 153. The fourth-order valence-corrected chi connectivity index (χ4v) is 1.89. The Labute approximate surface area is 73.7 Å². The number of hydrogen-bond donors (Lipinski definition) is 2. The average molecular weight is 170 g/mol. The summed E-state index contributed by atoms with van der Waals surface area (Å²) in [5.41, 5.74) is 5.21. The van der Waals surface area contributed by atoms with Gasteiger partial charge >= 0.3 is 0 Å². The van der Waals surface area contributed by atoms with Gasteiger partial charge in [-0.25, -0.2) is 0 Å². The second-order valence-electron chi connectivity index (χ2n) is 3.60. The first-order valence-corrected chi connectivity index (χ1v) is 4.73. The molecule has 0 aromatic carbocycles. The van der Waals surface area contributed by atoms with Gasteiger partial charge < -0.3 is 11.1 Å². The first-order valence-electron chi connectivity index (χ1n) is 4.73. The lowest BCUT2D eigenvalue weighted by atomic mass is 10.00. The molecule has 1 fully saturated rings. The van der Waals surface area contributed by atoms with Crippen LogP contribution in [0.25, 0.3) is 0 Å². The fourth-order valence-electron chi connectivity index (χ4n) is 1.89. The van der Waals surface area contributed by atoms with E-state index >= 15 is 0 Å². The third-order valence-corrected chi connectivity index (χ3v) is 2.68. The van der Waals surface area contributed by atoms with Crippen LogP contribution < -0.4 is 11.1 Å². The molecule has 70 valence electrons. The van der Waals surface area contributed by atoms with Crippen LogP contribution in [0.5, 0.6) is 0 Å². The largest absolute Gasteiger partial charge is 0.352 e. The summed E-state index contributed by atoms with van der Waals surface area (Å²) in [7, 11) is 0. The Morgan fingerprint density at radius 3 is 2.67 bits per heavy atom. The van der Waals surface area contributed by atoms with E-state index in [1.165, 1.54) is 25.7 Å². The third kappa shape index (κ3) is 2.48. The van der Waals surface area contributed by atoms with E-state index in [9.17, 15) is 4.79 Å². The van der Waals surface area contributed by atoms with E-state index in [1.54, 1.807) is 0 Å². The first kappa shape index (κ1) is 9.52. The third-order valence-electron chi connectivity index (χ3n) is 2.68. The van der Waals surface area contributed by atoms with E-state index in [4.69, 9.17) is 5.73 Å². The van der Waals surface area contributed by atoms with E-state index in [-0.39, 0.29) is 12.5 Å². The number of carbonyl (C=O) groups is 1. The normalized spacial score (nSPS) is 20.8. The molecule has 0 aromatic heterocycles. The lowest BCUT2D eigenvalue weighted by Gasteiger charge is -2.19. The van der Waals surface area contributed by atoms with Gasteiger partial charge in [-0.05, 0) is 25.7 Å². The molecule has 1 rings (SSSR count). The molecular weight excluding hydrogens is 152 g/mol. The molecule has 1 aliphatic carbocycles. The van der Waals surface area contributed by atoms with Crippen LogP contribution in [0.3, 0.4) is 0 Å². The molecule has 1 amide bonds. The molecular formula is C9H18N2O. The highest BCUT2D eigenvalue weighted by atomic mass is 16.1. The maximum Gasteiger partial charge on any atom is 0.233 e. The van der Waals surface area contributed by atoms with E-state index in [0.717, 1.165) is 0 Å². The minimum absolute atomic E-state index is 0.0330. The van der Waals surface area contributed by atoms with Crippen LogP contribution >= 0.6 is 0 Å². The zero-order chi connectivity index (χ0) is 8.97. The Morgan fingerprint density at radius 2 is 2.17 bits per heavy atom. The van der Waals surface area contributed by atoms with Crippen molar-refractivity contribution in [2.24, 2.45) is 11.7 Å². The summed E-state index contributed by atoms with van der Waals surface area (Å²) in [6.07, 6.45) is 5.14. The van der Waals surface area contributed by atoms with Crippen LogP contribution in [0.1, 0.15) is 32.6 Å². The van der Waals surface area contributed by atoms with Crippen LogP contribution in [-0.4, -0.2) is 18.5 Å². The van der Waals surface area contributed by atoms with Crippen molar-refractivity contribution in [1.29, 1.82) is 0 Å². The van der Waals surface area contributed by atoms with E-state index < -0.39 is 0 Å². The van der Waals surface area contributed by atoms with E-state index in [1.807, 2.05) is 0 Å². The van der Waals surface area contributed by atoms with Crippen molar-refractivity contribution in [1.82, 2.24) is 5.32 Å². The van der Waals surface area contributed by atoms with E-state index in [0.29, 0.717) is 12.0 Å². The predicted molar refractivity (Wildman–Crippen MR) is 48.6 cm³/mol. The molecule has 0 unspecified atom stereocenters. The van der Waals surface area contributed by atoms with Gasteiger partial charge in [-0.1, -0.05) is 12.8 Å². The van der Waals surface area contributed by atoms with Crippen molar-refractivity contribution in [3.63, 3.8) is 0 Å². The van der Waals surface area contributed by atoms with Gasteiger partial charge in [0.1, 0.15) is 0 Å². The molecule has 0 bridgehead atoms. The number of nitrogens with one attached hydrogen (secondary N) is 1. The summed E-state index contributed by atoms with van der Waals surface area (Å²) in [4.78, 5) is 10.9. The van der Waals surface area contributed by atoms with Crippen molar-refractivity contribution in [3.05, 3.63) is 0 Å². The zero-order valence-corrected chi connectivity index (χ0v) is 7.68. The summed E-state index contributed by atoms with van der Waals surface area (Å²) in [5.74, 6) is 0.648. The molecule has 1 saturated carbocycles. The van der Waals surface area contributed by atoms with Gasteiger partial charge in [0.2, 0.25) is 5.91 Å².